The Labute approximate surface area is 106 Å². The maximum absolute atomic E-state index is 5.44. The van der Waals surface area contributed by atoms with Crippen LogP contribution in [0.2, 0.25) is 0 Å². The van der Waals surface area contributed by atoms with Gasteiger partial charge in [0, 0.05) is 32.2 Å². The fourth-order valence-corrected chi connectivity index (χ4v) is 3.17. The van der Waals surface area contributed by atoms with E-state index in [9.17, 15) is 0 Å². The molecule has 0 bridgehead atoms. The molecule has 1 saturated heterocycles. The number of rotatable bonds is 5. The van der Waals surface area contributed by atoms with Gasteiger partial charge in [-0.25, -0.2) is 0 Å². The molecule has 1 saturated carbocycles. The first-order valence-electron chi connectivity index (χ1n) is 7.24. The van der Waals surface area contributed by atoms with Crippen LogP contribution in [0.1, 0.15) is 39.5 Å². The zero-order chi connectivity index (χ0) is 12.1. The van der Waals surface area contributed by atoms with Gasteiger partial charge in [0.2, 0.25) is 0 Å². The van der Waals surface area contributed by atoms with E-state index in [0.717, 1.165) is 26.3 Å². The number of nitrogens with zero attached hydrogens (tertiary/aromatic N) is 1. The van der Waals surface area contributed by atoms with E-state index in [1.807, 2.05) is 0 Å². The minimum atomic E-state index is 0.543. The van der Waals surface area contributed by atoms with E-state index < -0.39 is 0 Å². The average molecular weight is 240 g/mol. The summed E-state index contributed by atoms with van der Waals surface area (Å²) in [6.07, 6.45) is 5.66. The summed E-state index contributed by atoms with van der Waals surface area (Å²) in [6.45, 7) is 11.1. The van der Waals surface area contributed by atoms with Crippen molar-refractivity contribution in [2.45, 2.75) is 45.6 Å². The predicted octanol–water partition coefficient (Wildman–Crippen LogP) is 1.88. The summed E-state index contributed by atoms with van der Waals surface area (Å²) in [5.74, 6) is 0. The molecule has 1 heterocycles. The van der Waals surface area contributed by atoms with E-state index in [4.69, 9.17) is 4.74 Å². The van der Waals surface area contributed by atoms with Gasteiger partial charge in [-0.15, -0.1) is 0 Å². The summed E-state index contributed by atoms with van der Waals surface area (Å²) < 4.78 is 5.44. The Bertz CT molecular complexity index is 218. The van der Waals surface area contributed by atoms with Crippen molar-refractivity contribution >= 4 is 0 Å². The van der Waals surface area contributed by atoms with Gasteiger partial charge in [0.25, 0.3) is 0 Å². The second-order valence-electron chi connectivity index (χ2n) is 6.13. The second kappa shape index (κ2) is 6.17. The van der Waals surface area contributed by atoms with E-state index in [2.05, 4.69) is 24.1 Å². The van der Waals surface area contributed by atoms with E-state index in [1.165, 1.54) is 38.8 Å². The zero-order valence-corrected chi connectivity index (χ0v) is 11.5. The van der Waals surface area contributed by atoms with Crippen LogP contribution in [0.15, 0.2) is 0 Å². The highest BCUT2D eigenvalue weighted by atomic mass is 16.5. The van der Waals surface area contributed by atoms with Gasteiger partial charge in [-0.2, -0.15) is 0 Å². The van der Waals surface area contributed by atoms with Gasteiger partial charge in [-0.3, -0.25) is 4.90 Å². The first-order valence-corrected chi connectivity index (χ1v) is 7.24. The Morgan fingerprint density at radius 3 is 2.41 bits per heavy atom. The number of ether oxygens (including phenoxy) is 1. The van der Waals surface area contributed by atoms with Crippen LogP contribution in [0.5, 0.6) is 0 Å². The molecule has 3 heteroatoms. The van der Waals surface area contributed by atoms with Gasteiger partial charge < -0.3 is 10.1 Å². The lowest BCUT2D eigenvalue weighted by Crippen LogP contribution is -2.47. The van der Waals surface area contributed by atoms with Crippen molar-refractivity contribution in [2.24, 2.45) is 5.41 Å². The lowest BCUT2D eigenvalue weighted by Gasteiger charge is -2.37. The molecule has 1 aliphatic carbocycles. The summed E-state index contributed by atoms with van der Waals surface area (Å²) >= 11 is 0. The minimum Gasteiger partial charge on any atom is -0.379 e. The Morgan fingerprint density at radius 1 is 1.18 bits per heavy atom. The van der Waals surface area contributed by atoms with Crippen molar-refractivity contribution in [2.75, 3.05) is 39.4 Å². The van der Waals surface area contributed by atoms with Crippen molar-refractivity contribution < 1.29 is 4.74 Å². The number of hydrogen-bond acceptors (Lipinski definition) is 3. The maximum Gasteiger partial charge on any atom is 0.0594 e. The summed E-state index contributed by atoms with van der Waals surface area (Å²) in [4.78, 5) is 2.61. The number of hydrogen-bond donors (Lipinski definition) is 1. The highest BCUT2D eigenvalue weighted by molar-refractivity contribution is 4.90. The molecule has 0 aromatic carbocycles. The van der Waals surface area contributed by atoms with Crippen LogP contribution < -0.4 is 5.32 Å². The largest absolute Gasteiger partial charge is 0.379 e. The normalized spacial score (nSPS) is 25.6. The second-order valence-corrected chi connectivity index (χ2v) is 6.13. The third kappa shape index (κ3) is 3.94. The molecule has 2 aliphatic rings. The molecule has 2 fully saturated rings. The van der Waals surface area contributed by atoms with Crippen molar-refractivity contribution in [3.63, 3.8) is 0 Å². The fourth-order valence-electron chi connectivity index (χ4n) is 3.17. The van der Waals surface area contributed by atoms with Crippen LogP contribution in [0.4, 0.5) is 0 Å². The van der Waals surface area contributed by atoms with Crippen molar-refractivity contribution in [1.82, 2.24) is 10.2 Å². The van der Waals surface area contributed by atoms with Crippen molar-refractivity contribution in [3.05, 3.63) is 0 Å². The van der Waals surface area contributed by atoms with E-state index in [0.29, 0.717) is 11.5 Å². The molecule has 0 amide bonds. The Morgan fingerprint density at radius 2 is 1.82 bits per heavy atom. The smallest absolute Gasteiger partial charge is 0.0594 e. The molecular formula is C14H28N2O. The van der Waals surface area contributed by atoms with Crippen LogP contribution in [0.25, 0.3) is 0 Å². The van der Waals surface area contributed by atoms with E-state index in [1.54, 1.807) is 0 Å². The molecule has 3 nitrogen and oxygen atoms in total. The molecule has 2 rings (SSSR count). The topological polar surface area (TPSA) is 24.5 Å². The molecule has 0 radical (unpaired) electrons. The molecule has 0 atom stereocenters. The van der Waals surface area contributed by atoms with Crippen molar-refractivity contribution in [3.8, 4) is 0 Å². The first kappa shape index (κ1) is 13.3. The SMILES string of the molecule is CC(C)NCC1(CN2CCOCC2)CCCC1. The molecule has 1 N–H and O–H groups in total. The Kier molecular flexibility index (Phi) is 4.83. The molecule has 0 aromatic rings. The molecule has 100 valence electrons. The molecule has 17 heavy (non-hydrogen) atoms. The van der Waals surface area contributed by atoms with Crippen LogP contribution in [-0.2, 0) is 4.74 Å². The quantitative estimate of drug-likeness (QED) is 0.794. The molecule has 0 unspecified atom stereocenters. The highest BCUT2D eigenvalue weighted by Crippen LogP contribution is 2.38. The predicted molar refractivity (Wildman–Crippen MR) is 71.3 cm³/mol. The Balaban J connectivity index is 1.86. The third-order valence-electron chi connectivity index (χ3n) is 4.21. The third-order valence-corrected chi connectivity index (χ3v) is 4.21. The maximum atomic E-state index is 5.44. The van der Waals surface area contributed by atoms with Crippen LogP contribution >= 0.6 is 0 Å². The first-order chi connectivity index (χ1) is 8.20. The van der Waals surface area contributed by atoms with Crippen molar-refractivity contribution in [1.29, 1.82) is 0 Å². The van der Waals surface area contributed by atoms with Gasteiger partial charge >= 0.3 is 0 Å². The summed E-state index contributed by atoms with van der Waals surface area (Å²) in [5, 5.41) is 3.66. The van der Waals surface area contributed by atoms with Crippen LogP contribution in [-0.4, -0.2) is 50.3 Å². The Hall–Kier alpha value is -0.120. The molecular weight excluding hydrogens is 212 g/mol. The zero-order valence-electron chi connectivity index (χ0n) is 11.5. The number of morpholine rings is 1. The van der Waals surface area contributed by atoms with Gasteiger partial charge in [-0.1, -0.05) is 26.7 Å². The van der Waals surface area contributed by atoms with Gasteiger partial charge in [0.15, 0.2) is 0 Å². The fraction of sp³-hybridized carbons (Fsp3) is 1.00. The van der Waals surface area contributed by atoms with E-state index in [-0.39, 0.29) is 0 Å². The standard InChI is InChI=1S/C14H28N2O/c1-13(2)15-11-14(5-3-4-6-14)12-16-7-9-17-10-8-16/h13,15H,3-12H2,1-2H3. The molecule has 0 spiro atoms. The number of nitrogens with one attached hydrogen (secondary N) is 1. The van der Waals surface area contributed by atoms with E-state index >= 15 is 0 Å². The lowest BCUT2D eigenvalue weighted by atomic mass is 9.85. The lowest BCUT2D eigenvalue weighted by molar-refractivity contribution is 0.0162. The minimum absolute atomic E-state index is 0.543. The van der Waals surface area contributed by atoms with Gasteiger partial charge in [-0.05, 0) is 18.3 Å². The molecule has 0 aromatic heterocycles. The highest BCUT2D eigenvalue weighted by Gasteiger charge is 2.35. The summed E-state index contributed by atoms with van der Waals surface area (Å²) in [7, 11) is 0. The molecule has 1 aliphatic heterocycles. The average Bonchev–Trinajstić information content (AvgIpc) is 2.77. The van der Waals surface area contributed by atoms with Crippen LogP contribution in [0.3, 0.4) is 0 Å². The monoisotopic (exact) mass is 240 g/mol. The summed E-state index contributed by atoms with van der Waals surface area (Å²) in [5.41, 5.74) is 0.543. The van der Waals surface area contributed by atoms with Gasteiger partial charge in [0.1, 0.15) is 0 Å². The van der Waals surface area contributed by atoms with Gasteiger partial charge in [0.05, 0.1) is 13.2 Å². The van der Waals surface area contributed by atoms with Crippen LogP contribution in [0, 0.1) is 5.41 Å². The summed E-state index contributed by atoms with van der Waals surface area (Å²) in [6, 6.07) is 0.608.